The lowest BCUT2D eigenvalue weighted by molar-refractivity contribution is 0.102. The summed E-state index contributed by atoms with van der Waals surface area (Å²) < 4.78 is 18.9. The summed E-state index contributed by atoms with van der Waals surface area (Å²) in [5.74, 6) is -0.673. The number of aryl methyl sites for hydroxylation is 1. The Morgan fingerprint density at radius 3 is 2.65 bits per heavy atom. The smallest absolute Gasteiger partial charge is 0.258 e. The van der Waals surface area contributed by atoms with Crippen molar-refractivity contribution >= 4 is 17.3 Å². The summed E-state index contributed by atoms with van der Waals surface area (Å²) in [7, 11) is 1.47. The minimum atomic E-state index is -0.558. The van der Waals surface area contributed by atoms with Crippen LogP contribution in [-0.2, 0) is 0 Å². The standard InChI is InChI=1S/C15H15FN2O2/c1-9-3-5-11(12(16)7-9)15(19)18-13-6-4-10(17)8-14(13)20-2/h3-8H,17H2,1-2H3,(H,18,19). The molecule has 5 heteroatoms. The summed E-state index contributed by atoms with van der Waals surface area (Å²) in [6.07, 6.45) is 0. The highest BCUT2D eigenvalue weighted by Crippen LogP contribution is 2.27. The van der Waals surface area contributed by atoms with Gasteiger partial charge in [0, 0.05) is 11.8 Å². The molecule has 4 nitrogen and oxygen atoms in total. The molecule has 0 aliphatic rings. The first-order valence-electron chi connectivity index (χ1n) is 6.02. The van der Waals surface area contributed by atoms with Crippen LogP contribution in [0.3, 0.4) is 0 Å². The van der Waals surface area contributed by atoms with Crippen molar-refractivity contribution in [3.8, 4) is 5.75 Å². The SMILES string of the molecule is COc1cc(N)ccc1NC(=O)c1ccc(C)cc1F. The van der Waals surface area contributed by atoms with Crippen molar-refractivity contribution in [1.82, 2.24) is 0 Å². The van der Waals surface area contributed by atoms with Gasteiger partial charge in [-0.05, 0) is 36.8 Å². The predicted molar refractivity (Wildman–Crippen MR) is 76.5 cm³/mol. The zero-order valence-corrected chi connectivity index (χ0v) is 11.2. The lowest BCUT2D eigenvalue weighted by Crippen LogP contribution is -2.14. The van der Waals surface area contributed by atoms with Crippen LogP contribution in [0.5, 0.6) is 5.75 Å². The van der Waals surface area contributed by atoms with Crippen LogP contribution in [0.15, 0.2) is 36.4 Å². The molecule has 0 saturated carbocycles. The summed E-state index contributed by atoms with van der Waals surface area (Å²) in [4.78, 5) is 12.1. The number of amides is 1. The van der Waals surface area contributed by atoms with Gasteiger partial charge in [-0.2, -0.15) is 0 Å². The van der Waals surface area contributed by atoms with E-state index < -0.39 is 11.7 Å². The number of hydrogen-bond acceptors (Lipinski definition) is 3. The highest BCUT2D eigenvalue weighted by molar-refractivity contribution is 6.05. The van der Waals surface area contributed by atoms with Gasteiger partial charge in [-0.25, -0.2) is 4.39 Å². The monoisotopic (exact) mass is 274 g/mol. The molecule has 0 saturated heterocycles. The van der Waals surface area contributed by atoms with Crippen molar-refractivity contribution < 1.29 is 13.9 Å². The number of halogens is 1. The van der Waals surface area contributed by atoms with E-state index in [1.807, 2.05) is 0 Å². The van der Waals surface area contributed by atoms with Gasteiger partial charge in [0.25, 0.3) is 5.91 Å². The van der Waals surface area contributed by atoms with E-state index in [4.69, 9.17) is 10.5 Å². The average Bonchev–Trinajstić information content (AvgIpc) is 2.40. The van der Waals surface area contributed by atoms with Gasteiger partial charge in [0.05, 0.1) is 18.4 Å². The van der Waals surface area contributed by atoms with Crippen molar-refractivity contribution in [2.45, 2.75) is 6.92 Å². The van der Waals surface area contributed by atoms with E-state index in [1.165, 1.54) is 19.2 Å². The van der Waals surface area contributed by atoms with Gasteiger partial charge < -0.3 is 15.8 Å². The Labute approximate surface area is 116 Å². The lowest BCUT2D eigenvalue weighted by Gasteiger charge is -2.11. The second kappa shape index (κ2) is 5.61. The van der Waals surface area contributed by atoms with E-state index in [0.29, 0.717) is 17.1 Å². The van der Waals surface area contributed by atoms with Gasteiger partial charge >= 0.3 is 0 Å². The number of nitrogen functional groups attached to an aromatic ring is 1. The molecule has 0 aliphatic heterocycles. The van der Waals surface area contributed by atoms with E-state index in [9.17, 15) is 9.18 Å². The Hall–Kier alpha value is -2.56. The fourth-order valence-corrected chi connectivity index (χ4v) is 1.81. The third kappa shape index (κ3) is 2.88. The molecule has 1 amide bonds. The minimum Gasteiger partial charge on any atom is -0.494 e. The van der Waals surface area contributed by atoms with Crippen LogP contribution in [0.1, 0.15) is 15.9 Å². The molecule has 0 atom stereocenters. The van der Waals surface area contributed by atoms with E-state index >= 15 is 0 Å². The van der Waals surface area contributed by atoms with E-state index in [2.05, 4.69) is 5.32 Å². The van der Waals surface area contributed by atoms with Gasteiger partial charge in [0.1, 0.15) is 11.6 Å². The number of hydrogen-bond donors (Lipinski definition) is 2. The minimum absolute atomic E-state index is 0.0190. The molecule has 20 heavy (non-hydrogen) atoms. The first-order valence-corrected chi connectivity index (χ1v) is 6.02. The Bertz CT molecular complexity index is 656. The molecule has 0 spiro atoms. The third-order valence-corrected chi connectivity index (χ3v) is 2.84. The summed E-state index contributed by atoms with van der Waals surface area (Å²) in [5.41, 5.74) is 7.32. The molecule has 0 fully saturated rings. The maximum Gasteiger partial charge on any atom is 0.258 e. The van der Waals surface area contributed by atoms with Crippen LogP contribution in [0.25, 0.3) is 0 Å². The maximum atomic E-state index is 13.7. The number of ether oxygens (including phenoxy) is 1. The highest BCUT2D eigenvalue weighted by atomic mass is 19.1. The summed E-state index contributed by atoms with van der Waals surface area (Å²) in [6.45, 7) is 1.76. The number of rotatable bonds is 3. The molecular formula is C15H15FN2O2. The zero-order chi connectivity index (χ0) is 14.7. The number of benzene rings is 2. The third-order valence-electron chi connectivity index (χ3n) is 2.84. The number of carbonyl (C=O) groups is 1. The summed E-state index contributed by atoms with van der Waals surface area (Å²) >= 11 is 0. The fourth-order valence-electron chi connectivity index (χ4n) is 1.81. The van der Waals surface area contributed by atoms with Crippen molar-refractivity contribution in [2.24, 2.45) is 0 Å². The van der Waals surface area contributed by atoms with Gasteiger partial charge in [-0.1, -0.05) is 6.07 Å². The van der Waals surface area contributed by atoms with Crippen LogP contribution in [0.4, 0.5) is 15.8 Å². The zero-order valence-electron chi connectivity index (χ0n) is 11.2. The van der Waals surface area contributed by atoms with Gasteiger partial charge in [-0.3, -0.25) is 4.79 Å². The van der Waals surface area contributed by atoms with E-state index in [1.54, 1.807) is 31.2 Å². The molecule has 0 aromatic heterocycles. The summed E-state index contributed by atoms with van der Waals surface area (Å²) in [5, 5.41) is 2.61. The second-order valence-corrected chi connectivity index (χ2v) is 4.40. The lowest BCUT2D eigenvalue weighted by atomic mass is 10.1. The molecule has 2 aromatic rings. The van der Waals surface area contributed by atoms with Crippen molar-refractivity contribution in [1.29, 1.82) is 0 Å². The van der Waals surface area contributed by atoms with Crippen molar-refractivity contribution in [2.75, 3.05) is 18.2 Å². The molecule has 2 rings (SSSR count). The van der Waals surface area contributed by atoms with Gasteiger partial charge in [-0.15, -0.1) is 0 Å². The van der Waals surface area contributed by atoms with Gasteiger partial charge in [0.15, 0.2) is 0 Å². The quantitative estimate of drug-likeness (QED) is 0.846. The second-order valence-electron chi connectivity index (χ2n) is 4.40. The fraction of sp³-hybridized carbons (Fsp3) is 0.133. The Morgan fingerprint density at radius 1 is 1.25 bits per heavy atom. The number of nitrogens with one attached hydrogen (secondary N) is 1. The van der Waals surface area contributed by atoms with Crippen LogP contribution < -0.4 is 15.8 Å². The molecule has 0 heterocycles. The van der Waals surface area contributed by atoms with E-state index in [0.717, 1.165) is 5.56 Å². The first-order chi connectivity index (χ1) is 9.51. The van der Waals surface area contributed by atoms with Crippen LogP contribution in [0, 0.1) is 12.7 Å². The highest BCUT2D eigenvalue weighted by Gasteiger charge is 2.14. The molecule has 0 radical (unpaired) electrons. The van der Waals surface area contributed by atoms with Crippen LogP contribution in [0.2, 0.25) is 0 Å². The molecule has 104 valence electrons. The van der Waals surface area contributed by atoms with Crippen molar-refractivity contribution in [3.63, 3.8) is 0 Å². The topological polar surface area (TPSA) is 64.3 Å². The summed E-state index contributed by atoms with van der Waals surface area (Å²) in [6, 6.07) is 9.26. The van der Waals surface area contributed by atoms with Crippen LogP contribution in [-0.4, -0.2) is 13.0 Å². The van der Waals surface area contributed by atoms with Crippen LogP contribution >= 0.6 is 0 Å². The molecule has 0 unspecified atom stereocenters. The normalized spacial score (nSPS) is 10.2. The molecule has 0 aliphatic carbocycles. The number of anilines is 2. The molecule has 2 aromatic carbocycles. The van der Waals surface area contributed by atoms with E-state index in [-0.39, 0.29) is 5.56 Å². The Kier molecular flexibility index (Phi) is 3.89. The predicted octanol–water partition coefficient (Wildman–Crippen LogP) is 2.98. The number of methoxy groups -OCH3 is 1. The average molecular weight is 274 g/mol. The molecule has 3 N–H and O–H groups in total. The number of carbonyl (C=O) groups excluding carboxylic acids is 1. The first kappa shape index (κ1) is 13.9. The number of nitrogens with two attached hydrogens (primary N) is 1. The maximum absolute atomic E-state index is 13.7. The largest absolute Gasteiger partial charge is 0.494 e. The molecular weight excluding hydrogens is 259 g/mol. The Balaban J connectivity index is 2.28. The molecule has 0 bridgehead atoms. The Morgan fingerprint density at radius 2 is 2.00 bits per heavy atom. The van der Waals surface area contributed by atoms with Gasteiger partial charge in [0.2, 0.25) is 0 Å². The van der Waals surface area contributed by atoms with Crippen molar-refractivity contribution in [3.05, 3.63) is 53.3 Å².